The fourth-order valence-electron chi connectivity index (χ4n) is 1.93. The molecule has 0 aliphatic carbocycles. The zero-order valence-electron chi connectivity index (χ0n) is 14.4. The Morgan fingerprint density at radius 3 is 1.89 bits per heavy atom. The van der Waals surface area contributed by atoms with E-state index >= 15 is 0 Å². The molecule has 0 aromatic rings. The van der Waals surface area contributed by atoms with Crippen LogP contribution in [0, 0.1) is 0 Å². The molecule has 116 valence electrons. The van der Waals surface area contributed by atoms with E-state index in [4.69, 9.17) is 0 Å². The maximum absolute atomic E-state index is 11.8. The monoisotopic (exact) mass is 273 g/mol. The highest BCUT2D eigenvalue weighted by molar-refractivity contribution is 5.73. The molecule has 0 atom stereocenters. The lowest BCUT2D eigenvalue weighted by Gasteiger charge is -2.26. The van der Waals surface area contributed by atoms with Crippen molar-refractivity contribution in [1.82, 2.24) is 14.7 Å². The number of rotatable bonds is 1. The fraction of sp³-hybridized carbons (Fsp3) is 0.933. The molecule has 1 rings (SSSR count). The summed E-state index contributed by atoms with van der Waals surface area (Å²) in [5, 5.41) is 0. The highest BCUT2D eigenvalue weighted by atomic mass is 16.2. The zero-order chi connectivity index (χ0) is 15.4. The molecule has 0 radical (unpaired) electrons. The van der Waals surface area contributed by atoms with Crippen molar-refractivity contribution in [3.63, 3.8) is 0 Å². The summed E-state index contributed by atoms with van der Waals surface area (Å²) in [5.74, 6) is 0. The summed E-state index contributed by atoms with van der Waals surface area (Å²) in [6.07, 6.45) is 1.08. The highest BCUT2D eigenvalue weighted by Gasteiger charge is 2.20. The molecule has 4 nitrogen and oxygen atoms in total. The average molecular weight is 273 g/mol. The van der Waals surface area contributed by atoms with Crippen LogP contribution in [-0.2, 0) is 0 Å². The van der Waals surface area contributed by atoms with Crippen LogP contribution >= 0.6 is 0 Å². The summed E-state index contributed by atoms with van der Waals surface area (Å²) < 4.78 is 0. The molecule has 0 bridgehead atoms. The van der Waals surface area contributed by atoms with E-state index in [0.717, 1.165) is 32.6 Å². The van der Waals surface area contributed by atoms with Crippen LogP contribution in [0.15, 0.2) is 0 Å². The molecule has 0 saturated carbocycles. The van der Waals surface area contributed by atoms with Crippen molar-refractivity contribution in [2.24, 2.45) is 0 Å². The minimum absolute atomic E-state index is 0.139. The Hall–Kier alpha value is -0.770. The number of nitrogens with zero attached hydrogens (tertiary/aromatic N) is 3. The van der Waals surface area contributed by atoms with Crippen LogP contribution in [0.2, 0.25) is 0 Å². The van der Waals surface area contributed by atoms with E-state index in [9.17, 15) is 4.79 Å². The van der Waals surface area contributed by atoms with Gasteiger partial charge < -0.3 is 9.80 Å². The molecule has 0 N–H and O–H groups in total. The first-order valence-electron chi connectivity index (χ1n) is 7.72. The summed E-state index contributed by atoms with van der Waals surface area (Å²) in [4.78, 5) is 17.8. The first-order valence-corrected chi connectivity index (χ1v) is 7.72. The minimum Gasteiger partial charge on any atom is -0.331 e. The third-order valence-electron chi connectivity index (χ3n) is 2.91. The van der Waals surface area contributed by atoms with Crippen LogP contribution in [0.3, 0.4) is 0 Å². The number of carbonyl (C=O) groups excluding carboxylic acids is 1. The van der Waals surface area contributed by atoms with Gasteiger partial charge in [-0.1, -0.05) is 27.7 Å². The number of carbonyl (C=O) groups is 1. The van der Waals surface area contributed by atoms with Gasteiger partial charge in [-0.15, -0.1) is 0 Å². The Kier molecular flexibility index (Phi) is 13.3. The van der Waals surface area contributed by atoms with Crippen molar-refractivity contribution in [1.29, 1.82) is 0 Å². The fourth-order valence-corrected chi connectivity index (χ4v) is 1.93. The molecule has 0 unspecified atom stereocenters. The van der Waals surface area contributed by atoms with Crippen LogP contribution in [0.1, 0.15) is 48.0 Å². The molecule has 1 aliphatic rings. The van der Waals surface area contributed by atoms with Crippen molar-refractivity contribution in [3.05, 3.63) is 0 Å². The predicted octanol–water partition coefficient (Wildman–Crippen LogP) is 3.14. The molecule has 4 heteroatoms. The molecule has 1 fully saturated rings. The van der Waals surface area contributed by atoms with Gasteiger partial charge in [0, 0.05) is 46.3 Å². The highest BCUT2D eigenvalue weighted by Crippen LogP contribution is 2.07. The van der Waals surface area contributed by atoms with Gasteiger partial charge in [0.25, 0.3) is 0 Å². The lowest BCUT2D eigenvalue weighted by molar-refractivity contribution is 0.169. The van der Waals surface area contributed by atoms with Crippen LogP contribution in [0.5, 0.6) is 0 Å². The summed E-state index contributed by atoms with van der Waals surface area (Å²) in [7, 11) is 3.63. The number of hydrogen-bond donors (Lipinski definition) is 0. The molecule has 0 aromatic heterocycles. The SMILES string of the molecule is CC.CC.CC(C)N1CCCN(C(=O)N(C)C)CC1. The van der Waals surface area contributed by atoms with Crippen LogP contribution in [0.25, 0.3) is 0 Å². The Morgan fingerprint density at radius 1 is 0.947 bits per heavy atom. The average Bonchev–Trinajstić information content (AvgIpc) is 2.68. The van der Waals surface area contributed by atoms with Gasteiger partial charge in [0.1, 0.15) is 0 Å². The lowest BCUT2D eigenvalue weighted by Crippen LogP contribution is -2.42. The smallest absolute Gasteiger partial charge is 0.319 e. The molecular weight excluding hydrogens is 238 g/mol. The lowest BCUT2D eigenvalue weighted by atomic mass is 10.3. The topological polar surface area (TPSA) is 26.8 Å². The van der Waals surface area contributed by atoms with E-state index in [1.165, 1.54) is 0 Å². The Labute approximate surface area is 120 Å². The summed E-state index contributed by atoms with van der Waals surface area (Å²) >= 11 is 0. The van der Waals surface area contributed by atoms with Crippen molar-refractivity contribution in [2.45, 2.75) is 54.0 Å². The second-order valence-corrected chi connectivity index (χ2v) is 4.65. The molecule has 1 saturated heterocycles. The largest absolute Gasteiger partial charge is 0.331 e. The van der Waals surface area contributed by atoms with Crippen LogP contribution < -0.4 is 0 Å². The van der Waals surface area contributed by atoms with Crippen molar-refractivity contribution in [2.75, 3.05) is 40.3 Å². The molecule has 19 heavy (non-hydrogen) atoms. The maximum Gasteiger partial charge on any atom is 0.319 e. The number of amides is 2. The number of hydrogen-bond acceptors (Lipinski definition) is 2. The predicted molar refractivity (Wildman–Crippen MR) is 84.7 cm³/mol. The van der Waals surface area contributed by atoms with Gasteiger partial charge in [0.05, 0.1) is 0 Å². The van der Waals surface area contributed by atoms with Gasteiger partial charge in [-0.25, -0.2) is 4.79 Å². The molecule has 1 heterocycles. The van der Waals surface area contributed by atoms with E-state index in [0.29, 0.717) is 6.04 Å². The van der Waals surface area contributed by atoms with Crippen LogP contribution in [-0.4, -0.2) is 67.0 Å². The molecule has 1 aliphatic heterocycles. The van der Waals surface area contributed by atoms with Crippen molar-refractivity contribution < 1.29 is 4.79 Å². The van der Waals surface area contributed by atoms with E-state index < -0.39 is 0 Å². The summed E-state index contributed by atoms with van der Waals surface area (Å²) in [6, 6.07) is 0.722. The third kappa shape index (κ3) is 8.09. The Bertz CT molecular complexity index is 217. The van der Waals surface area contributed by atoms with E-state index in [1.807, 2.05) is 46.7 Å². The quantitative estimate of drug-likeness (QED) is 0.734. The maximum atomic E-state index is 11.8. The second kappa shape index (κ2) is 12.3. The van der Waals surface area contributed by atoms with Crippen molar-refractivity contribution >= 4 is 6.03 Å². The summed E-state index contributed by atoms with van der Waals surface area (Å²) in [5.41, 5.74) is 0. The number of urea groups is 1. The van der Waals surface area contributed by atoms with Gasteiger partial charge in [0.2, 0.25) is 0 Å². The normalized spacial score (nSPS) is 15.7. The standard InChI is InChI=1S/C11H23N3O.2C2H6/c1-10(2)13-6-5-7-14(9-8-13)11(15)12(3)4;2*1-2/h10H,5-9H2,1-4H3;2*1-2H3. The van der Waals surface area contributed by atoms with Gasteiger partial charge in [0.15, 0.2) is 0 Å². The minimum atomic E-state index is 0.139. The second-order valence-electron chi connectivity index (χ2n) is 4.65. The van der Waals surface area contributed by atoms with Gasteiger partial charge in [-0.2, -0.15) is 0 Å². The molecular formula is C15H35N3O. The third-order valence-corrected chi connectivity index (χ3v) is 2.91. The van der Waals surface area contributed by atoms with Gasteiger partial charge in [-0.05, 0) is 20.3 Å². The first kappa shape index (κ1) is 20.5. The Morgan fingerprint density at radius 2 is 1.47 bits per heavy atom. The van der Waals surface area contributed by atoms with Crippen LogP contribution in [0.4, 0.5) is 4.79 Å². The molecule has 0 spiro atoms. The molecule has 2 amide bonds. The van der Waals surface area contributed by atoms with Crippen molar-refractivity contribution in [3.8, 4) is 0 Å². The van der Waals surface area contributed by atoms with Gasteiger partial charge >= 0.3 is 6.03 Å². The van der Waals surface area contributed by atoms with E-state index in [2.05, 4.69) is 18.7 Å². The van der Waals surface area contributed by atoms with Gasteiger partial charge in [-0.3, -0.25) is 4.90 Å². The first-order chi connectivity index (χ1) is 9.02. The van der Waals surface area contributed by atoms with E-state index in [1.54, 1.807) is 4.90 Å². The Balaban J connectivity index is 0. The summed E-state index contributed by atoms with van der Waals surface area (Å²) in [6.45, 7) is 16.3. The van der Waals surface area contributed by atoms with E-state index in [-0.39, 0.29) is 6.03 Å². The zero-order valence-corrected chi connectivity index (χ0v) is 14.4. The molecule has 0 aromatic carbocycles.